The Hall–Kier alpha value is -1.36. The summed E-state index contributed by atoms with van der Waals surface area (Å²) in [6.45, 7) is 0. The van der Waals surface area contributed by atoms with Crippen LogP contribution < -0.4 is 0 Å². The molecule has 0 atom stereocenters. The van der Waals surface area contributed by atoms with Gasteiger partial charge < -0.3 is 0 Å². The van der Waals surface area contributed by atoms with Crippen LogP contribution in [0.15, 0.2) is 53.1 Å². The maximum absolute atomic E-state index is 5.94. The Morgan fingerprint density at radius 1 is 1.05 bits per heavy atom. The molecule has 0 fully saturated rings. The van der Waals surface area contributed by atoms with E-state index in [1.165, 1.54) is 10.2 Å². The van der Waals surface area contributed by atoms with Gasteiger partial charge in [0.05, 0.1) is 10.2 Å². The normalized spacial score (nSPS) is 11.5. The molecule has 0 saturated carbocycles. The zero-order valence-corrected chi connectivity index (χ0v) is 13.3. The molecule has 2 aromatic carbocycles. The van der Waals surface area contributed by atoms with Gasteiger partial charge in [-0.05, 0) is 40.2 Å². The van der Waals surface area contributed by atoms with E-state index >= 15 is 0 Å². The van der Waals surface area contributed by atoms with Gasteiger partial charge in [0.25, 0.3) is 0 Å². The second-order valence-electron chi connectivity index (χ2n) is 4.45. The fourth-order valence-corrected chi connectivity index (χ4v) is 4.22. The molecule has 0 N–H and O–H groups in total. The van der Waals surface area contributed by atoms with Crippen molar-refractivity contribution in [1.29, 1.82) is 0 Å². The van der Waals surface area contributed by atoms with Crippen LogP contribution in [0.1, 0.15) is 0 Å². The van der Waals surface area contributed by atoms with Crippen LogP contribution in [0.25, 0.3) is 26.4 Å². The van der Waals surface area contributed by atoms with Crippen LogP contribution in [-0.4, -0.2) is 9.38 Å². The number of hydrogen-bond donors (Lipinski definition) is 0. The number of rotatable bonds is 1. The molecule has 2 nitrogen and oxygen atoms in total. The minimum atomic E-state index is 0.733. The van der Waals surface area contributed by atoms with E-state index in [4.69, 9.17) is 16.6 Å². The first-order valence-electron chi connectivity index (χ1n) is 6.05. The topological polar surface area (TPSA) is 17.3 Å². The van der Waals surface area contributed by atoms with Crippen molar-refractivity contribution in [3.63, 3.8) is 0 Å². The average Bonchev–Trinajstić information content (AvgIpc) is 2.97. The number of hydrogen-bond acceptors (Lipinski definition) is 2. The first kappa shape index (κ1) is 12.4. The zero-order chi connectivity index (χ0) is 13.7. The molecule has 0 unspecified atom stereocenters. The van der Waals surface area contributed by atoms with Gasteiger partial charge in [0.15, 0.2) is 4.96 Å². The van der Waals surface area contributed by atoms with Crippen molar-refractivity contribution in [2.75, 3.05) is 0 Å². The van der Waals surface area contributed by atoms with Crippen molar-refractivity contribution in [1.82, 2.24) is 9.38 Å². The van der Waals surface area contributed by atoms with Gasteiger partial charge in [-0.25, -0.2) is 4.98 Å². The highest BCUT2D eigenvalue weighted by Crippen LogP contribution is 2.35. The molecule has 4 aromatic rings. The third-order valence-corrected chi connectivity index (χ3v) is 5.22. The van der Waals surface area contributed by atoms with Crippen molar-refractivity contribution in [2.24, 2.45) is 0 Å². The van der Waals surface area contributed by atoms with E-state index in [2.05, 4.69) is 32.5 Å². The molecule has 2 aromatic heterocycles. The summed E-state index contributed by atoms with van der Waals surface area (Å²) in [4.78, 5) is 5.73. The van der Waals surface area contributed by atoms with E-state index in [1.807, 2.05) is 36.4 Å². The lowest BCUT2D eigenvalue weighted by Crippen LogP contribution is -1.82. The number of aromatic nitrogens is 2. The summed E-state index contributed by atoms with van der Waals surface area (Å²) in [6, 6.07) is 16.1. The van der Waals surface area contributed by atoms with Gasteiger partial charge in [-0.1, -0.05) is 47.2 Å². The third kappa shape index (κ3) is 1.79. The van der Waals surface area contributed by atoms with Crippen LogP contribution in [-0.2, 0) is 0 Å². The summed E-state index contributed by atoms with van der Waals surface area (Å²) in [5.41, 5.74) is 3.17. The van der Waals surface area contributed by atoms with Gasteiger partial charge in [0.2, 0.25) is 0 Å². The SMILES string of the molecule is Clc1ccc(-c2nc3sc4ccccc4n3c2Br)cc1. The largest absolute Gasteiger partial charge is 0.277 e. The Bertz CT molecular complexity index is 924. The summed E-state index contributed by atoms with van der Waals surface area (Å²) in [7, 11) is 0. The second kappa shape index (κ2) is 4.58. The molecular weight excluding hydrogens is 356 g/mol. The Kier molecular flexibility index (Phi) is 2.84. The smallest absolute Gasteiger partial charge is 0.196 e. The van der Waals surface area contributed by atoms with Crippen LogP contribution in [0.2, 0.25) is 5.02 Å². The molecule has 0 aliphatic carbocycles. The van der Waals surface area contributed by atoms with Crippen molar-refractivity contribution in [3.05, 3.63) is 58.2 Å². The molecule has 4 rings (SSSR count). The van der Waals surface area contributed by atoms with Crippen molar-refractivity contribution >= 4 is 54.0 Å². The first-order valence-corrected chi connectivity index (χ1v) is 8.04. The Labute approximate surface area is 132 Å². The predicted octanol–water partition coefficient (Wildman–Crippen LogP) is 5.63. The number of benzene rings is 2. The summed E-state index contributed by atoms with van der Waals surface area (Å²) < 4.78 is 4.36. The minimum Gasteiger partial charge on any atom is -0.277 e. The summed E-state index contributed by atoms with van der Waals surface area (Å²) in [5, 5.41) is 0.733. The second-order valence-corrected chi connectivity index (χ2v) is 6.64. The molecule has 0 aliphatic rings. The fourth-order valence-electron chi connectivity index (χ4n) is 2.28. The Balaban J connectivity index is 2.02. The van der Waals surface area contributed by atoms with Gasteiger partial charge in [-0.2, -0.15) is 0 Å². The predicted molar refractivity (Wildman–Crippen MR) is 88.7 cm³/mol. The molecule has 0 bridgehead atoms. The van der Waals surface area contributed by atoms with Crippen molar-refractivity contribution in [2.45, 2.75) is 0 Å². The lowest BCUT2D eigenvalue weighted by atomic mass is 10.2. The van der Waals surface area contributed by atoms with E-state index in [0.29, 0.717) is 0 Å². The maximum Gasteiger partial charge on any atom is 0.196 e. The zero-order valence-electron chi connectivity index (χ0n) is 10.2. The number of para-hydroxylation sites is 1. The van der Waals surface area contributed by atoms with Crippen LogP contribution >= 0.6 is 38.9 Å². The van der Waals surface area contributed by atoms with Crippen LogP contribution in [0.3, 0.4) is 0 Å². The first-order chi connectivity index (χ1) is 9.74. The number of thiazole rings is 1. The molecule has 0 amide bonds. The quantitative estimate of drug-likeness (QED) is 0.428. The summed E-state index contributed by atoms with van der Waals surface area (Å²) in [5.74, 6) is 0. The van der Waals surface area contributed by atoms with Gasteiger partial charge >= 0.3 is 0 Å². The molecule has 20 heavy (non-hydrogen) atoms. The highest BCUT2D eigenvalue weighted by atomic mass is 79.9. The van der Waals surface area contributed by atoms with Gasteiger partial charge in [0.1, 0.15) is 10.3 Å². The number of nitrogens with zero attached hydrogens (tertiary/aromatic N) is 2. The number of halogens is 2. The lowest BCUT2D eigenvalue weighted by molar-refractivity contribution is 1.25. The maximum atomic E-state index is 5.94. The van der Waals surface area contributed by atoms with E-state index in [-0.39, 0.29) is 0 Å². The fraction of sp³-hybridized carbons (Fsp3) is 0. The van der Waals surface area contributed by atoms with Gasteiger partial charge in [-0.3, -0.25) is 4.40 Å². The summed E-state index contributed by atoms with van der Waals surface area (Å²) >= 11 is 11.3. The van der Waals surface area contributed by atoms with Crippen molar-refractivity contribution in [3.8, 4) is 11.3 Å². The lowest BCUT2D eigenvalue weighted by Gasteiger charge is -1.99. The molecule has 0 spiro atoms. The van der Waals surface area contributed by atoms with Crippen LogP contribution in [0, 0.1) is 0 Å². The van der Waals surface area contributed by atoms with E-state index in [1.54, 1.807) is 11.3 Å². The standard InChI is InChI=1S/C15H8BrClN2S/c16-14-13(9-5-7-10(17)8-6-9)18-15-19(14)11-3-1-2-4-12(11)20-15/h1-8H. The minimum absolute atomic E-state index is 0.733. The average molecular weight is 364 g/mol. The van der Waals surface area contributed by atoms with E-state index in [0.717, 1.165) is 25.8 Å². The Morgan fingerprint density at radius 3 is 2.60 bits per heavy atom. The number of fused-ring (bicyclic) bond motifs is 3. The highest BCUT2D eigenvalue weighted by Gasteiger charge is 2.15. The molecule has 98 valence electrons. The van der Waals surface area contributed by atoms with Crippen LogP contribution in [0.4, 0.5) is 0 Å². The summed E-state index contributed by atoms with van der Waals surface area (Å²) in [6.07, 6.45) is 0. The van der Waals surface area contributed by atoms with Gasteiger partial charge in [-0.15, -0.1) is 0 Å². The van der Waals surface area contributed by atoms with Crippen molar-refractivity contribution < 1.29 is 0 Å². The molecule has 2 heterocycles. The third-order valence-electron chi connectivity index (χ3n) is 3.22. The van der Waals surface area contributed by atoms with Gasteiger partial charge in [0, 0.05) is 10.6 Å². The molecule has 0 radical (unpaired) electrons. The Morgan fingerprint density at radius 2 is 1.80 bits per heavy atom. The molecular formula is C15H8BrClN2S. The van der Waals surface area contributed by atoms with E-state index in [9.17, 15) is 0 Å². The number of imidazole rings is 1. The molecule has 0 aliphatic heterocycles. The highest BCUT2D eigenvalue weighted by molar-refractivity contribution is 9.10. The molecule has 0 saturated heterocycles. The van der Waals surface area contributed by atoms with Crippen LogP contribution in [0.5, 0.6) is 0 Å². The van der Waals surface area contributed by atoms with E-state index < -0.39 is 0 Å². The monoisotopic (exact) mass is 362 g/mol. The molecule has 5 heteroatoms.